The number of hydrogen-bond acceptors (Lipinski definition) is 10. The lowest BCUT2D eigenvalue weighted by Gasteiger charge is -2.28. The van der Waals surface area contributed by atoms with Crippen molar-refractivity contribution < 1.29 is 57.4 Å². The average Bonchev–Trinajstić information content (AvgIpc) is 2.89. The first kappa shape index (κ1) is 36.0. The Morgan fingerprint density at radius 3 is 0.725 bits per heavy atom. The lowest BCUT2D eigenvalue weighted by atomic mass is 10.4. The maximum atomic E-state index is 11.6. The van der Waals surface area contributed by atoms with Crippen LogP contribution in [0.1, 0.15) is 0 Å². The van der Waals surface area contributed by atoms with Gasteiger partial charge in [-0.25, -0.2) is 0 Å². The summed E-state index contributed by atoms with van der Waals surface area (Å²) in [5.74, 6) is 0. The van der Waals surface area contributed by atoms with Gasteiger partial charge in [-0.15, -0.1) is 0 Å². The van der Waals surface area contributed by atoms with Gasteiger partial charge in [0.2, 0.25) is 0 Å². The Balaban J connectivity index is 2.18. The summed E-state index contributed by atoms with van der Waals surface area (Å²) in [4.78, 5) is 85.4. The molecule has 0 radical (unpaired) electrons. The summed E-state index contributed by atoms with van der Waals surface area (Å²) in [5.41, 5.74) is 0. The zero-order chi connectivity index (χ0) is 30.2. The molecule has 0 aromatic carbocycles. The number of rotatable bonds is 10. The van der Waals surface area contributed by atoms with Gasteiger partial charge in [0, 0.05) is 90.9 Å². The van der Waals surface area contributed by atoms with E-state index in [1.165, 1.54) is 0 Å². The monoisotopic (exact) mass is 658 g/mol. The second-order valence-electron chi connectivity index (χ2n) is 10.1. The van der Waals surface area contributed by atoms with E-state index in [1.807, 2.05) is 9.80 Å². The number of nitrogens with zero attached hydrogens (tertiary/aromatic N) is 6. The third-order valence-electron chi connectivity index (χ3n) is 6.30. The first-order valence-electron chi connectivity index (χ1n) is 12.5. The predicted molar refractivity (Wildman–Crippen MR) is 146 cm³/mol. The van der Waals surface area contributed by atoms with Crippen molar-refractivity contribution in [3.8, 4) is 0 Å². The van der Waals surface area contributed by atoms with Crippen LogP contribution in [-0.2, 0) is 18.3 Å². The summed E-state index contributed by atoms with van der Waals surface area (Å²) in [6, 6.07) is 0. The fourth-order valence-electron chi connectivity index (χ4n) is 4.41. The third kappa shape index (κ3) is 17.0. The summed E-state index contributed by atoms with van der Waals surface area (Å²) in [6.07, 6.45) is 1.48. The third-order valence-corrected chi connectivity index (χ3v) is 9.38. The molecule has 18 nitrogen and oxygen atoms in total. The maximum absolute atomic E-state index is 11.6. The van der Waals surface area contributed by atoms with Crippen LogP contribution in [0.15, 0.2) is 12.4 Å². The van der Waals surface area contributed by atoms with E-state index in [1.54, 1.807) is 32.0 Å². The smallest absolute Gasteiger partial charge is 0.339 e. The molecule has 0 amide bonds. The topological polar surface area (TPSA) is 250 Å². The van der Waals surface area contributed by atoms with Crippen molar-refractivity contribution in [1.82, 2.24) is 29.4 Å². The van der Waals surface area contributed by atoms with Gasteiger partial charge in [0.1, 0.15) is 25.1 Å². The van der Waals surface area contributed by atoms with Crippen molar-refractivity contribution in [2.24, 2.45) is 0 Å². The largest absolute Gasteiger partial charge is 0.374 e. The predicted octanol–water partition coefficient (Wildman–Crippen LogP) is -2.16. The maximum Gasteiger partial charge on any atom is 0.339 e. The molecule has 22 heteroatoms. The Morgan fingerprint density at radius 2 is 0.550 bits per heavy atom. The standard InChI is InChI=1S/C18H42N6O12P4/c25-37(26,27)15-21-7-3-19(4-8-22(12-11-21)16-38(28,29)30)1-2-20-5-9-23(17-39(31,32)33)13-14-24(10-6-20)18-40(34,35)36/h1-2H,3-18H2,(H2,25,26,27)(H2,28,29,30)(H2,31,32,33)(H2,34,35,36). The normalized spacial score (nSPS) is 22.0. The van der Waals surface area contributed by atoms with Crippen molar-refractivity contribution in [1.29, 1.82) is 0 Å². The van der Waals surface area contributed by atoms with E-state index in [2.05, 4.69) is 0 Å². The van der Waals surface area contributed by atoms with E-state index < -0.39 is 55.5 Å². The fraction of sp³-hybridized carbons (Fsp3) is 0.889. The van der Waals surface area contributed by atoms with E-state index in [-0.39, 0.29) is 52.4 Å². The highest BCUT2D eigenvalue weighted by atomic mass is 31.2. The molecule has 2 saturated heterocycles. The molecule has 0 atom stereocenters. The zero-order valence-electron chi connectivity index (χ0n) is 22.2. The summed E-state index contributed by atoms with van der Waals surface area (Å²) in [5, 5.41) is 0. The summed E-state index contributed by atoms with van der Waals surface area (Å²) >= 11 is 0. The van der Waals surface area contributed by atoms with Gasteiger partial charge >= 0.3 is 30.4 Å². The molecule has 236 valence electrons. The number of hydrogen-bond donors (Lipinski definition) is 8. The van der Waals surface area contributed by atoms with E-state index in [0.29, 0.717) is 26.2 Å². The van der Waals surface area contributed by atoms with Crippen LogP contribution in [0.2, 0.25) is 0 Å². The van der Waals surface area contributed by atoms with Gasteiger partial charge in [-0.05, 0) is 0 Å². The van der Waals surface area contributed by atoms with Gasteiger partial charge in [-0.1, -0.05) is 0 Å². The molecule has 0 saturated carbocycles. The molecule has 0 aromatic heterocycles. The Morgan fingerprint density at radius 1 is 0.375 bits per heavy atom. The molecule has 0 aliphatic carbocycles. The molecule has 0 bridgehead atoms. The van der Waals surface area contributed by atoms with Gasteiger partial charge in [-0.2, -0.15) is 0 Å². The first-order valence-corrected chi connectivity index (χ1v) is 19.7. The van der Waals surface area contributed by atoms with Crippen LogP contribution in [0.3, 0.4) is 0 Å². The molecule has 2 heterocycles. The van der Waals surface area contributed by atoms with Gasteiger partial charge in [0.15, 0.2) is 0 Å². The first-order chi connectivity index (χ1) is 18.3. The highest BCUT2D eigenvalue weighted by Crippen LogP contribution is 2.38. The van der Waals surface area contributed by atoms with Crippen molar-refractivity contribution in [3.05, 3.63) is 12.4 Å². The van der Waals surface area contributed by atoms with Crippen LogP contribution < -0.4 is 0 Å². The molecule has 0 spiro atoms. The molecule has 40 heavy (non-hydrogen) atoms. The minimum Gasteiger partial charge on any atom is -0.374 e. The molecular formula is C18H42N6O12P4. The SMILES string of the molecule is O=P(O)(O)CN1CCN(C=CN2CCN(CP(=O)(O)O)CCN(CP(=O)(O)O)CC2)CCN(CP(=O)(O)O)CC1. The molecule has 8 N–H and O–H groups in total. The van der Waals surface area contributed by atoms with Crippen LogP contribution in [0.25, 0.3) is 0 Å². The summed E-state index contributed by atoms with van der Waals surface area (Å²) in [6.45, 7) is 3.42. The lowest BCUT2D eigenvalue weighted by Crippen LogP contribution is -2.36. The Kier molecular flexibility index (Phi) is 13.9. The van der Waals surface area contributed by atoms with Crippen LogP contribution in [0.4, 0.5) is 0 Å². The average molecular weight is 658 g/mol. The molecule has 2 fully saturated rings. The van der Waals surface area contributed by atoms with Gasteiger partial charge in [-0.3, -0.25) is 37.9 Å². The molecule has 2 rings (SSSR count). The van der Waals surface area contributed by atoms with E-state index in [9.17, 15) is 57.4 Å². The molecular weight excluding hydrogens is 616 g/mol. The van der Waals surface area contributed by atoms with Crippen LogP contribution >= 0.6 is 30.4 Å². The zero-order valence-corrected chi connectivity index (χ0v) is 25.7. The molecule has 0 unspecified atom stereocenters. The molecule has 2 aliphatic heterocycles. The quantitative estimate of drug-likeness (QED) is 0.116. The van der Waals surface area contributed by atoms with Crippen LogP contribution in [0.5, 0.6) is 0 Å². The highest BCUT2D eigenvalue weighted by molar-refractivity contribution is 7.52. The molecule has 0 aromatic rings. The second kappa shape index (κ2) is 15.5. The fourth-order valence-corrected chi connectivity index (χ4v) is 7.63. The van der Waals surface area contributed by atoms with E-state index in [0.717, 1.165) is 0 Å². The van der Waals surface area contributed by atoms with E-state index in [4.69, 9.17) is 0 Å². The van der Waals surface area contributed by atoms with E-state index >= 15 is 0 Å². The Labute approximate surface area is 233 Å². The van der Waals surface area contributed by atoms with Gasteiger partial charge in [0.25, 0.3) is 0 Å². The van der Waals surface area contributed by atoms with Crippen molar-refractivity contribution in [2.75, 3.05) is 104 Å². The van der Waals surface area contributed by atoms with Crippen molar-refractivity contribution >= 4 is 30.4 Å². The minimum absolute atomic E-state index is 0.208. The summed E-state index contributed by atoms with van der Waals surface area (Å²) in [7, 11) is -17.5. The highest BCUT2D eigenvalue weighted by Gasteiger charge is 2.26. The summed E-state index contributed by atoms with van der Waals surface area (Å²) < 4.78 is 46.4. The minimum atomic E-state index is -4.37. The van der Waals surface area contributed by atoms with Gasteiger partial charge < -0.3 is 48.9 Å². The van der Waals surface area contributed by atoms with Crippen molar-refractivity contribution in [2.45, 2.75) is 0 Å². The lowest BCUT2D eigenvalue weighted by molar-refractivity contribution is 0.231. The molecule has 2 aliphatic rings. The Bertz CT molecular complexity index is 865. The Hall–Kier alpha value is -0.220. The van der Waals surface area contributed by atoms with Crippen LogP contribution in [0, 0.1) is 0 Å². The van der Waals surface area contributed by atoms with Crippen molar-refractivity contribution in [3.63, 3.8) is 0 Å². The van der Waals surface area contributed by atoms with Gasteiger partial charge in [0.05, 0.1) is 0 Å². The second-order valence-corrected chi connectivity index (χ2v) is 16.5. The van der Waals surface area contributed by atoms with Crippen LogP contribution in [-0.4, -0.2) is 172 Å².